The van der Waals surface area contributed by atoms with Crippen LogP contribution in [0.4, 0.5) is 4.39 Å². The summed E-state index contributed by atoms with van der Waals surface area (Å²) in [6.07, 6.45) is 4.51. The van der Waals surface area contributed by atoms with Crippen molar-refractivity contribution in [2.75, 3.05) is 6.54 Å². The van der Waals surface area contributed by atoms with Crippen molar-refractivity contribution in [2.45, 2.75) is 30.7 Å². The van der Waals surface area contributed by atoms with Crippen LogP contribution in [0.5, 0.6) is 0 Å². The maximum absolute atomic E-state index is 14.1. The molecule has 1 fully saturated rings. The minimum atomic E-state index is -3.92. The Kier molecular flexibility index (Phi) is 3.92. The molecule has 0 saturated carbocycles. The minimum absolute atomic E-state index is 0.252. The van der Waals surface area contributed by atoms with Gasteiger partial charge >= 0.3 is 0 Å². The molecule has 1 atom stereocenters. The first kappa shape index (κ1) is 15.1. The highest BCUT2D eigenvalue weighted by Gasteiger charge is 2.39. The topological polar surface area (TPSA) is 63.2 Å². The van der Waals surface area contributed by atoms with Crippen LogP contribution in [0.15, 0.2) is 41.6 Å². The quantitative estimate of drug-likeness (QED) is 0.871. The van der Waals surface area contributed by atoms with Gasteiger partial charge in [-0.2, -0.15) is 4.31 Å². The summed E-state index contributed by atoms with van der Waals surface area (Å²) < 4.78 is 41.2. The lowest BCUT2D eigenvalue weighted by Gasteiger charge is -2.24. The average Bonchev–Trinajstić information content (AvgIpc) is 2.98. The number of sulfonamides is 1. The third-order valence-corrected chi connectivity index (χ3v) is 5.91. The van der Waals surface area contributed by atoms with E-state index in [1.807, 2.05) is 0 Å². The van der Waals surface area contributed by atoms with E-state index in [0.717, 1.165) is 0 Å². The van der Waals surface area contributed by atoms with Crippen LogP contribution in [0, 0.1) is 12.7 Å². The number of hydrogen-bond donors (Lipinski definition) is 0. The number of rotatable bonds is 3. The number of halogens is 1. The number of aryl methyl sites for hydroxylation is 1. The van der Waals surface area contributed by atoms with E-state index in [1.54, 1.807) is 31.5 Å². The van der Waals surface area contributed by atoms with Gasteiger partial charge in [-0.05, 0) is 37.5 Å². The molecule has 1 aromatic carbocycles. The van der Waals surface area contributed by atoms with Crippen molar-refractivity contribution in [1.82, 2.24) is 14.3 Å². The molecule has 0 spiro atoms. The van der Waals surface area contributed by atoms with Gasteiger partial charge in [0.1, 0.15) is 16.5 Å². The summed E-state index contributed by atoms with van der Waals surface area (Å²) in [7, 11) is -3.92. The van der Waals surface area contributed by atoms with Crippen LogP contribution < -0.4 is 0 Å². The van der Waals surface area contributed by atoms with E-state index in [4.69, 9.17) is 0 Å². The molecule has 0 radical (unpaired) electrons. The fourth-order valence-corrected chi connectivity index (χ4v) is 4.76. The lowest BCUT2D eigenvalue weighted by Crippen LogP contribution is -2.32. The van der Waals surface area contributed by atoms with Gasteiger partial charge in [0.25, 0.3) is 0 Å². The summed E-state index contributed by atoms with van der Waals surface area (Å²) in [5.74, 6) is -0.266. The standard InChI is InChI=1S/C15H16FN3O2S/c1-11-5-2-6-12(16)14(11)22(20,21)19-10-3-7-13(19)15-17-8-4-9-18-15/h2,4-6,8-9,13H,3,7,10H2,1H3. The molecule has 0 bridgehead atoms. The smallest absolute Gasteiger partial charge is 0.240 e. The van der Waals surface area contributed by atoms with E-state index >= 15 is 0 Å². The van der Waals surface area contributed by atoms with Crippen molar-refractivity contribution in [3.05, 3.63) is 53.9 Å². The lowest BCUT2D eigenvalue weighted by molar-refractivity contribution is 0.380. The van der Waals surface area contributed by atoms with Crippen molar-refractivity contribution in [2.24, 2.45) is 0 Å². The van der Waals surface area contributed by atoms with Crippen LogP contribution in [0.2, 0.25) is 0 Å². The van der Waals surface area contributed by atoms with E-state index < -0.39 is 21.9 Å². The fourth-order valence-electron chi connectivity index (χ4n) is 2.83. The SMILES string of the molecule is Cc1cccc(F)c1S(=O)(=O)N1CCCC1c1ncccn1. The first-order chi connectivity index (χ1) is 10.5. The van der Waals surface area contributed by atoms with Crippen molar-refractivity contribution in [3.63, 3.8) is 0 Å². The molecule has 0 N–H and O–H groups in total. The largest absolute Gasteiger partial charge is 0.246 e. The molecule has 1 saturated heterocycles. The van der Waals surface area contributed by atoms with E-state index in [0.29, 0.717) is 30.8 Å². The molecular formula is C15H16FN3O2S. The highest BCUT2D eigenvalue weighted by Crippen LogP contribution is 2.36. The highest BCUT2D eigenvalue weighted by molar-refractivity contribution is 7.89. The van der Waals surface area contributed by atoms with Crippen LogP contribution >= 0.6 is 0 Å². The molecule has 2 heterocycles. The van der Waals surface area contributed by atoms with E-state index in [1.165, 1.54) is 16.4 Å². The molecular weight excluding hydrogens is 305 g/mol. The van der Waals surface area contributed by atoms with Gasteiger partial charge < -0.3 is 0 Å². The molecule has 1 aliphatic heterocycles. The van der Waals surface area contributed by atoms with Crippen LogP contribution in [0.3, 0.4) is 0 Å². The van der Waals surface area contributed by atoms with Gasteiger partial charge in [0.15, 0.2) is 0 Å². The van der Waals surface area contributed by atoms with Crippen molar-refractivity contribution in [1.29, 1.82) is 0 Å². The Balaban J connectivity index is 2.05. The van der Waals surface area contributed by atoms with E-state index in [9.17, 15) is 12.8 Å². The first-order valence-electron chi connectivity index (χ1n) is 7.05. The summed E-state index contributed by atoms with van der Waals surface area (Å²) in [5, 5.41) is 0. The van der Waals surface area contributed by atoms with Crippen LogP contribution in [0.25, 0.3) is 0 Å². The van der Waals surface area contributed by atoms with Gasteiger partial charge in [-0.3, -0.25) is 0 Å². The van der Waals surface area contributed by atoms with Gasteiger partial charge in [-0.1, -0.05) is 12.1 Å². The van der Waals surface area contributed by atoms with Crippen molar-refractivity contribution < 1.29 is 12.8 Å². The lowest BCUT2D eigenvalue weighted by atomic mass is 10.2. The predicted molar refractivity (Wildman–Crippen MR) is 79.0 cm³/mol. The third-order valence-electron chi connectivity index (χ3n) is 3.82. The Morgan fingerprint density at radius 3 is 2.64 bits per heavy atom. The van der Waals surface area contributed by atoms with Gasteiger partial charge in [-0.25, -0.2) is 22.8 Å². The zero-order valence-electron chi connectivity index (χ0n) is 12.1. The minimum Gasteiger partial charge on any atom is -0.240 e. The second-order valence-electron chi connectivity index (χ2n) is 5.27. The molecule has 0 aliphatic carbocycles. The zero-order valence-corrected chi connectivity index (χ0v) is 12.9. The van der Waals surface area contributed by atoms with E-state index in [2.05, 4.69) is 9.97 Å². The maximum atomic E-state index is 14.1. The summed E-state index contributed by atoms with van der Waals surface area (Å²) in [6, 6.07) is 5.51. The number of aromatic nitrogens is 2. The van der Waals surface area contributed by atoms with Gasteiger partial charge in [0, 0.05) is 18.9 Å². The summed E-state index contributed by atoms with van der Waals surface area (Å²) in [5.41, 5.74) is 0.402. The number of benzene rings is 1. The Labute approximate surface area is 128 Å². The Bertz CT molecular complexity index is 760. The van der Waals surface area contributed by atoms with Gasteiger partial charge in [-0.15, -0.1) is 0 Å². The fraction of sp³-hybridized carbons (Fsp3) is 0.333. The molecule has 5 nitrogen and oxygen atoms in total. The highest BCUT2D eigenvalue weighted by atomic mass is 32.2. The molecule has 116 valence electrons. The number of hydrogen-bond acceptors (Lipinski definition) is 4. The van der Waals surface area contributed by atoms with Crippen LogP contribution in [-0.2, 0) is 10.0 Å². The molecule has 0 amide bonds. The zero-order chi connectivity index (χ0) is 15.7. The third kappa shape index (κ3) is 2.50. The van der Waals surface area contributed by atoms with Crippen molar-refractivity contribution in [3.8, 4) is 0 Å². The predicted octanol–water partition coefficient (Wildman–Crippen LogP) is 2.45. The second-order valence-corrected chi connectivity index (χ2v) is 7.09. The molecule has 2 aromatic rings. The maximum Gasteiger partial charge on any atom is 0.246 e. The Morgan fingerprint density at radius 1 is 1.23 bits per heavy atom. The second kappa shape index (κ2) is 5.73. The van der Waals surface area contributed by atoms with Gasteiger partial charge in [0.05, 0.1) is 6.04 Å². The summed E-state index contributed by atoms with van der Waals surface area (Å²) >= 11 is 0. The molecule has 1 aliphatic rings. The van der Waals surface area contributed by atoms with Crippen LogP contribution in [-0.4, -0.2) is 29.2 Å². The van der Waals surface area contributed by atoms with Gasteiger partial charge in [0.2, 0.25) is 10.0 Å². The molecule has 3 rings (SSSR count). The Hall–Kier alpha value is -1.86. The summed E-state index contributed by atoms with van der Waals surface area (Å²) in [6.45, 7) is 1.94. The van der Waals surface area contributed by atoms with E-state index in [-0.39, 0.29) is 4.90 Å². The molecule has 7 heteroatoms. The average molecular weight is 321 g/mol. The number of nitrogens with zero attached hydrogens (tertiary/aromatic N) is 3. The molecule has 22 heavy (non-hydrogen) atoms. The first-order valence-corrected chi connectivity index (χ1v) is 8.49. The monoisotopic (exact) mass is 321 g/mol. The Morgan fingerprint density at radius 2 is 1.95 bits per heavy atom. The summed E-state index contributed by atoms with van der Waals surface area (Å²) in [4.78, 5) is 8.05. The molecule has 1 aromatic heterocycles. The molecule has 1 unspecified atom stereocenters. The normalized spacial score (nSPS) is 19.5. The van der Waals surface area contributed by atoms with Crippen LogP contribution in [0.1, 0.15) is 30.3 Å². The van der Waals surface area contributed by atoms with Crippen molar-refractivity contribution >= 4 is 10.0 Å².